The van der Waals surface area contributed by atoms with Crippen molar-refractivity contribution in [1.82, 2.24) is 4.57 Å². The molecule has 1 atom stereocenters. The van der Waals surface area contributed by atoms with Crippen molar-refractivity contribution >= 4 is 16.9 Å². The zero-order valence-electron chi connectivity index (χ0n) is 13.2. The lowest BCUT2D eigenvalue weighted by atomic mass is 10.0. The van der Waals surface area contributed by atoms with Gasteiger partial charge in [-0.05, 0) is 26.0 Å². The number of hydrogen-bond donors (Lipinski definition) is 1. The summed E-state index contributed by atoms with van der Waals surface area (Å²) in [6.45, 7) is 7.50. The van der Waals surface area contributed by atoms with E-state index in [0.29, 0.717) is 0 Å². The first-order valence-corrected chi connectivity index (χ1v) is 7.16. The summed E-state index contributed by atoms with van der Waals surface area (Å²) in [5.74, 6) is 0.244. The number of benzene rings is 1. The molecule has 1 unspecified atom stereocenters. The fraction of sp³-hybridized carbons (Fsp3) is 0.353. The van der Waals surface area contributed by atoms with E-state index in [4.69, 9.17) is 15.2 Å². The topological polar surface area (TPSA) is 66.5 Å². The Morgan fingerprint density at radius 3 is 2.73 bits per heavy atom. The number of ether oxygens (including phenoxy) is 2. The van der Waals surface area contributed by atoms with Gasteiger partial charge in [0.1, 0.15) is 5.75 Å². The second-order valence-corrected chi connectivity index (χ2v) is 5.54. The van der Waals surface area contributed by atoms with Gasteiger partial charge in [0, 0.05) is 11.6 Å². The van der Waals surface area contributed by atoms with Crippen LogP contribution in [0.1, 0.15) is 13.8 Å². The molecule has 1 aromatic carbocycles. The summed E-state index contributed by atoms with van der Waals surface area (Å²) < 4.78 is 12.5. The van der Waals surface area contributed by atoms with Crippen LogP contribution in [0.2, 0.25) is 0 Å². The van der Waals surface area contributed by atoms with E-state index in [1.807, 2.05) is 35.0 Å². The molecular weight excluding hydrogens is 280 g/mol. The van der Waals surface area contributed by atoms with Crippen molar-refractivity contribution < 1.29 is 14.3 Å². The molecule has 2 rings (SSSR count). The van der Waals surface area contributed by atoms with Crippen LogP contribution in [0, 0.1) is 0 Å². The molecular formula is C17H22N2O3. The van der Waals surface area contributed by atoms with Crippen molar-refractivity contribution in [2.24, 2.45) is 5.73 Å². The van der Waals surface area contributed by atoms with E-state index >= 15 is 0 Å². The Kier molecular flexibility index (Phi) is 4.56. The van der Waals surface area contributed by atoms with Gasteiger partial charge in [-0.1, -0.05) is 18.2 Å². The Hall–Kier alpha value is -2.27. The average molecular weight is 302 g/mol. The maximum absolute atomic E-state index is 12.3. The Morgan fingerprint density at radius 2 is 2.14 bits per heavy atom. The summed E-state index contributed by atoms with van der Waals surface area (Å²) in [6.07, 6.45) is 3.03. The largest absolute Gasteiger partial charge is 0.495 e. The minimum Gasteiger partial charge on any atom is -0.495 e. The van der Waals surface area contributed by atoms with Crippen molar-refractivity contribution in [3.63, 3.8) is 0 Å². The van der Waals surface area contributed by atoms with Gasteiger partial charge in [-0.3, -0.25) is 0 Å². The van der Waals surface area contributed by atoms with Crippen LogP contribution in [0.3, 0.4) is 0 Å². The van der Waals surface area contributed by atoms with Gasteiger partial charge in [0.05, 0.1) is 25.3 Å². The van der Waals surface area contributed by atoms with Gasteiger partial charge in [0.2, 0.25) is 0 Å². The van der Waals surface area contributed by atoms with Gasteiger partial charge in [0.15, 0.2) is 5.54 Å². The maximum atomic E-state index is 12.3. The van der Waals surface area contributed by atoms with E-state index < -0.39 is 11.5 Å². The molecule has 2 aromatic rings. The number of para-hydroxylation sites is 1. The van der Waals surface area contributed by atoms with Crippen molar-refractivity contribution in [3.8, 4) is 5.75 Å². The van der Waals surface area contributed by atoms with Gasteiger partial charge in [0.25, 0.3) is 0 Å². The molecule has 118 valence electrons. The predicted octanol–water partition coefficient (Wildman–Crippen LogP) is 2.49. The lowest BCUT2D eigenvalue weighted by Gasteiger charge is -2.25. The van der Waals surface area contributed by atoms with Crippen LogP contribution in [0.4, 0.5) is 0 Å². The molecule has 1 heterocycles. The number of aromatic nitrogens is 1. The molecule has 0 spiro atoms. The molecule has 0 aliphatic heterocycles. The summed E-state index contributed by atoms with van der Waals surface area (Å²) >= 11 is 0. The van der Waals surface area contributed by atoms with Crippen molar-refractivity contribution in [1.29, 1.82) is 0 Å². The minimum absolute atomic E-state index is 0.228. The number of carbonyl (C=O) groups is 1. The molecule has 0 radical (unpaired) electrons. The molecule has 0 saturated carbocycles. The molecule has 5 nitrogen and oxygen atoms in total. The molecule has 0 bridgehead atoms. The molecule has 0 amide bonds. The first-order valence-electron chi connectivity index (χ1n) is 7.16. The predicted molar refractivity (Wildman–Crippen MR) is 86.8 cm³/mol. The monoisotopic (exact) mass is 302 g/mol. The second kappa shape index (κ2) is 6.23. The van der Waals surface area contributed by atoms with E-state index in [9.17, 15) is 4.79 Å². The summed E-state index contributed by atoms with van der Waals surface area (Å²) in [5, 5.41) is 0.966. The molecule has 1 aromatic heterocycles. The Balaban J connectivity index is 2.40. The summed E-state index contributed by atoms with van der Waals surface area (Å²) in [6, 6.07) is 7.78. The number of nitrogens with zero attached hydrogens (tertiary/aromatic N) is 1. The third-order valence-corrected chi connectivity index (χ3v) is 3.49. The number of fused-ring (bicyclic) bond motifs is 1. The van der Waals surface area contributed by atoms with Crippen LogP contribution < -0.4 is 10.5 Å². The fourth-order valence-corrected chi connectivity index (χ4v) is 2.32. The highest BCUT2D eigenvalue weighted by Crippen LogP contribution is 2.29. The van der Waals surface area contributed by atoms with Crippen LogP contribution in [-0.2, 0) is 16.1 Å². The number of hydrogen-bond acceptors (Lipinski definition) is 4. The van der Waals surface area contributed by atoms with E-state index in [0.717, 1.165) is 16.7 Å². The molecule has 22 heavy (non-hydrogen) atoms. The van der Waals surface area contributed by atoms with Gasteiger partial charge >= 0.3 is 5.97 Å². The quantitative estimate of drug-likeness (QED) is 0.657. The van der Waals surface area contributed by atoms with Crippen LogP contribution in [0.25, 0.3) is 10.9 Å². The molecule has 0 aliphatic carbocycles. The number of esters is 1. The van der Waals surface area contributed by atoms with Crippen LogP contribution in [-0.4, -0.2) is 29.3 Å². The van der Waals surface area contributed by atoms with Crippen molar-refractivity contribution in [3.05, 3.63) is 43.1 Å². The SMILES string of the molecule is C=CC(N)(Cn1cc(OC)c2ccccc21)C(=O)OC(C)C. The van der Waals surface area contributed by atoms with Gasteiger partial charge < -0.3 is 19.8 Å². The minimum atomic E-state index is -1.29. The highest BCUT2D eigenvalue weighted by Gasteiger charge is 2.34. The van der Waals surface area contributed by atoms with E-state index in [2.05, 4.69) is 6.58 Å². The van der Waals surface area contributed by atoms with E-state index in [-0.39, 0.29) is 12.6 Å². The van der Waals surface area contributed by atoms with E-state index in [1.54, 1.807) is 21.0 Å². The number of carbonyl (C=O) groups excluding carboxylic acids is 1. The maximum Gasteiger partial charge on any atom is 0.332 e. The number of methoxy groups -OCH3 is 1. The Bertz CT molecular complexity index is 690. The molecule has 0 aliphatic rings. The highest BCUT2D eigenvalue weighted by molar-refractivity contribution is 5.88. The van der Waals surface area contributed by atoms with Crippen molar-refractivity contribution in [2.45, 2.75) is 32.0 Å². The van der Waals surface area contributed by atoms with Gasteiger partial charge in [-0.2, -0.15) is 0 Å². The first-order chi connectivity index (χ1) is 10.4. The zero-order chi connectivity index (χ0) is 16.3. The third-order valence-electron chi connectivity index (χ3n) is 3.49. The average Bonchev–Trinajstić information content (AvgIpc) is 2.84. The lowest BCUT2D eigenvalue weighted by Crippen LogP contribution is -2.51. The van der Waals surface area contributed by atoms with Crippen molar-refractivity contribution in [2.75, 3.05) is 7.11 Å². The van der Waals surface area contributed by atoms with Crippen LogP contribution in [0.5, 0.6) is 5.75 Å². The van der Waals surface area contributed by atoms with Crippen LogP contribution in [0.15, 0.2) is 43.1 Å². The normalized spacial score (nSPS) is 13.9. The second-order valence-electron chi connectivity index (χ2n) is 5.54. The fourth-order valence-electron chi connectivity index (χ4n) is 2.32. The lowest BCUT2D eigenvalue weighted by molar-refractivity contribution is -0.152. The first kappa shape index (κ1) is 16.1. The molecule has 5 heteroatoms. The van der Waals surface area contributed by atoms with Gasteiger partial charge in [-0.25, -0.2) is 4.79 Å². The van der Waals surface area contributed by atoms with E-state index in [1.165, 1.54) is 6.08 Å². The molecule has 0 fully saturated rings. The third kappa shape index (κ3) is 2.99. The Morgan fingerprint density at radius 1 is 1.45 bits per heavy atom. The van der Waals surface area contributed by atoms with Crippen LogP contribution >= 0.6 is 0 Å². The summed E-state index contributed by atoms with van der Waals surface area (Å²) in [4.78, 5) is 12.3. The number of rotatable bonds is 6. The smallest absolute Gasteiger partial charge is 0.332 e. The summed E-state index contributed by atoms with van der Waals surface area (Å²) in [7, 11) is 1.61. The standard InChI is InChI=1S/C17H22N2O3/c1-5-17(18,16(20)22-12(2)3)11-19-10-15(21-4)13-8-6-7-9-14(13)19/h5-10,12H,1,11,18H2,2-4H3. The Labute approximate surface area is 130 Å². The van der Waals surface area contributed by atoms with Gasteiger partial charge in [-0.15, -0.1) is 6.58 Å². The number of nitrogens with two attached hydrogens (primary N) is 1. The molecule has 0 saturated heterocycles. The molecule has 2 N–H and O–H groups in total. The summed E-state index contributed by atoms with van der Waals surface area (Å²) in [5.41, 5.74) is 5.85. The zero-order valence-corrected chi connectivity index (χ0v) is 13.2. The highest BCUT2D eigenvalue weighted by atomic mass is 16.5.